The van der Waals surface area contributed by atoms with Crippen LogP contribution in [0.5, 0.6) is 0 Å². The molecule has 15 nitrogen and oxygen atoms in total. The summed E-state index contributed by atoms with van der Waals surface area (Å²) < 4.78 is 32.8. The minimum atomic E-state index is -3.97. The number of nitrogens with zero attached hydrogens (tertiary/aromatic N) is 5. The van der Waals surface area contributed by atoms with Crippen LogP contribution >= 0.6 is 11.3 Å². The van der Waals surface area contributed by atoms with Crippen molar-refractivity contribution in [2.75, 3.05) is 41.2 Å². The fourth-order valence-corrected chi connectivity index (χ4v) is 5.57. The normalized spacial score (nSPS) is 13.7. The molecule has 1 aliphatic rings. The Labute approximate surface area is 219 Å². The second-order valence-electron chi connectivity index (χ2n) is 7.92. The van der Waals surface area contributed by atoms with Gasteiger partial charge in [0.05, 0.1) is 33.5 Å². The summed E-state index contributed by atoms with van der Waals surface area (Å²) in [7, 11) is -3.97. The third kappa shape index (κ3) is 5.84. The van der Waals surface area contributed by atoms with Crippen molar-refractivity contribution in [3.63, 3.8) is 0 Å². The van der Waals surface area contributed by atoms with E-state index in [0.717, 1.165) is 23.5 Å². The fourth-order valence-electron chi connectivity index (χ4n) is 3.66. The van der Waals surface area contributed by atoms with E-state index in [1.54, 1.807) is 0 Å². The van der Waals surface area contributed by atoms with Crippen LogP contribution in [0.15, 0.2) is 41.3 Å². The summed E-state index contributed by atoms with van der Waals surface area (Å²) >= 11 is 1.11. The van der Waals surface area contributed by atoms with Crippen molar-refractivity contribution < 1.29 is 27.8 Å². The van der Waals surface area contributed by atoms with Crippen LogP contribution in [0, 0.1) is 20.2 Å². The molecule has 3 aromatic rings. The van der Waals surface area contributed by atoms with Gasteiger partial charge < -0.3 is 15.0 Å². The third-order valence-corrected chi connectivity index (χ3v) is 7.93. The summed E-state index contributed by atoms with van der Waals surface area (Å²) in [5.74, 6) is -0.848. The molecule has 38 heavy (non-hydrogen) atoms. The van der Waals surface area contributed by atoms with E-state index in [4.69, 9.17) is 4.74 Å². The fraction of sp³-hybridized carbons (Fsp3) is 0.286. The predicted molar refractivity (Wildman–Crippen MR) is 137 cm³/mol. The molecule has 1 aliphatic heterocycles. The highest BCUT2D eigenvalue weighted by Gasteiger charge is 2.33. The molecule has 4 rings (SSSR count). The van der Waals surface area contributed by atoms with Gasteiger partial charge in [-0.1, -0.05) is 18.3 Å². The van der Waals surface area contributed by atoms with E-state index in [2.05, 4.69) is 20.2 Å². The van der Waals surface area contributed by atoms with Gasteiger partial charge in [0.2, 0.25) is 5.13 Å². The van der Waals surface area contributed by atoms with Gasteiger partial charge in [-0.2, -0.15) is 0 Å². The number of aryl methyl sites for hydroxylation is 1. The van der Waals surface area contributed by atoms with Gasteiger partial charge in [-0.05, 0) is 30.7 Å². The lowest BCUT2D eigenvalue weighted by Crippen LogP contribution is -2.37. The molecule has 1 saturated heterocycles. The number of aromatic nitrogens is 2. The number of sulfonamides is 1. The van der Waals surface area contributed by atoms with Gasteiger partial charge in [0.15, 0.2) is 5.69 Å². The standard InChI is InChI=1S/C21H21N7O8S2/c1-2-18-23-24-21(37-18)25-38(34,35)15-5-3-14(4-6-15)22-20(29)13-11-16(27(30)31)19(17(12-13)28(32)33)26-7-9-36-10-8-26/h3-6,11-12H,2,7-10H2,1H3,(H,22,29)(H,24,25). The number of nitrogens with one attached hydrogen (secondary N) is 2. The highest BCUT2D eigenvalue weighted by molar-refractivity contribution is 7.93. The van der Waals surface area contributed by atoms with Crippen LogP contribution in [0.3, 0.4) is 0 Å². The van der Waals surface area contributed by atoms with Crippen LogP contribution in [0.4, 0.5) is 27.9 Å². The van der Waals surface area contributed by atoms with E-state index < -0.39 is 37.2 Å². The molecule has 0 bridgehead atoms. The van der Waals surface area contributed by atoms with E-state index in [1.165, 1.54) is 29.2 Å². The number of morpholine rings is 1. The molecule has 1 aromatic heterocycles. The zero-order valence-electron chi connectivity index (χ0n) is 19.8. The van der Waals surface area contributed by atoms with E-state index in [0.29, 0.717) is 11.4 Å². The molecule has 2 aromatic carbocycles. The van der Waals surface area contributed by atoms with Gasteiger partial charge >= 0.3 is 0 Å². The summed E-state index contributed by atoms with van der Waals surface area (Å²) in [5.41, 5.74) is -1.49. The van der Waals surface area contributed by atoms with E-state index >= 15 is 0 Å². The first-order valence-corrected chi connectivity index (χ1v) is 13.4. The largest absolute Gasteiger partial charge is 0.378 e. The van der Waals surface area contributed by atoms with Crippen molar-refractivity contribution in [2.45, 2.75) is 18.2 Å². The number of carbonyl (C=O) groups excluding carboxylic acids is 1. The molecule has 1 amide bonds. The predicted octanol–water partition coefficient (Wildman–Crippen LogP) is 2.81. The zero-order chi connectivity index (χ0) is 27.4. The average Bonchev–Trinajstić information content (AvgIpc) is 3.35. The quantitative estimate of drug-likeness (QED) is 0.286. The molecule has 2 N–H and O–H groups in total. The number of benzene rings is 2. The summed E-state index contributed by atoms with van der Waals surface area (Å²) in [5, 5.41) is 34.4. The average molecular weight is 564 g/mol. The maximum Gasteiger partial charge on any atom is 0.300 e. The van der Waals surface area contributed by atoms with Crippen LogP contribution < -0.4 is 14.9 Å². The second kappa shape index (κ2) is 11.0. The molecule has 1 fully saturated rings. The Morgan fingerprint density at radius 2 is 1.68 bits per heavy atom. The topological polar surface area (TPSA) is 200 Å². The van der Waals surface area contributed by atoms with Crippen molar-refractivity contribution in [1.29, 1.82) is 0 Å². The zero-order valence-corrected chi connectivity index (χ0v) is 21.5. The summed E-state index contributed by atoms with van der Waals surface area (Å²) in [4.78, 5) is 36.3. The maximum atomic E-state index is 12.9. The molecule has 0 aliphatic carbocycles. The van der Waals surface area contributed by atoms with Crippen molar-refractivity contribution in [3.05, 3.63) is 67.2 Å². The lowest BCUT2D eigenvalue weighted by molar-refractivity contribution is -0.392. The number of ether oxygens (including phenoxy) is 1. The number of hydrogen-bond donors (Lipinski definition) is 2. The molecule has 0 unspecified atom stereocenters. The Bertz CT molecular complexity index is 1450. The van der Waals surface area contributed by atoms with Crippen molar-refractivity contribution >= 4 is 55.1 Å². The molecule has 2 heterocycles. The number of carbonyl (C=O) groups is 1. The van der Waals surface area contributed by atoms with Crippen molar-refractivity contribution in [2.24, 2.45) is 0 Å². The number of nitro groups is 2. The summed E-state index contributed by atoms with van der Waals surface area (Å²) in [6.45, 7) is 2.80. The molecule has 0 saturated carbocycles. The Kier molecular flexibility index (Phi) is 7.79. The van der Waals surface area contributed by atoms with Gasteiger partial charge in [-0.25, -0.2) is 8.42 Å². The molecule has 0 radical (unpaired) electrons. The number of amides is 1. The smallest absolute Gasteiger partial charge is 0.300 e. The van der Waals surface area contributed by atoms with Crippen LogP contribution in [0.25, 0.3) is 0 Å². The summed E-state index contributed by atoms with van der Waals surface area (Å²) in [6.07, 6.45) is 0.607. The minimum Gasteiger partial charge on any atom is -0.378 e. The van der Waals surface area contributed by atoms with Gasteiger partial charge in [-0.15, -0.1) is 10.2 Å². The lowest BCUT2D eigenvalue weighted by atomic mass is 10.1. The Morgan fingerprint density at radius 3 is 2.21 bits per heavy atom. The Balaban J connectivity index is 1.56. The first-order chi connectivity index (χ1) is 18.1. The molecule has 17 heteroatoms. The highest BCUT2D eigenvalue weighted by Crippen LogP contribution is 2.39. The first kappa shape index (κ1) is 26.8. The summed E-state index contributed by atoms with van der Waals surface area (Å²) in [6, 6.07) is 7.06. The van der Waals surface area contributed by atoms with Crippen LogP contribution in [-0.2, 0) is 21.2 Å². The molecular weight excluding hydrogens is 542 g/mol. The monoisotopic (exact) mass is 563 g/mol. The number of rotatable bonds is 9. The van der Waals surface area contributed by atoms with E-state index in [-0.39, 0.29) is 53.3 Å². The van der Waals surface area contributed by atoms with E-state index in [9.17, 15) is 33.4 Å². The molecule has 0 spiro atoms. The number of hydrogen-bond acceptors (Lipinski definition) is 12. The SMILES string of the molecule is CCc1nnc(NS(=O)(=O)c2ccc(NC(=O)c3cc([N+](=O)[O-])c(N4CCOCC4)c([N+](=O)[O-])c3)cc2)s1. The second-order valence-corrected chi connectivity index (χ2v) is 10.7. The number of anilines is 3. The van der Waals surface area contributed by atoms with Crippen LogP contribution in [-0.4, -0.2) is 60.7 Å². The van der Waals surface area contributed by atoms with Gasteiger partial charge in [-0.3, -0.25) is 29.7 Å². The lowest BCUT2D eigenvalue weighted by Gasteiger charge is -2.28. The Hall–Kier alpha value is -4.22. The Morgan fingerprint density at radius 1 is 1.08 bits per heavy atom. The van der Waals surface area contributed by atoms with E-state index in [1.807, 2.05) is 6.92 Å². The number of nitro benzene ring substituents is 2. The maximum absolute atomic E-state index is 12.9. The van der Waals surface area contributed by atoms with Crippen LogP contribution in [0.2, 0.25) is 0 Å². The van der Waals surface area contributed by atoms with Crippen molar-refractivity contribution in [1.82, 2.24) is 10.2 Å². The molecule has 0 atom stereocenters. The highest BCUT2D eigenvalue weighted by atomic mass is 32.2. The minimum absolute atomic E-state index is 0.107. The molecule has 200 valence electrons. The van der Waals surface area contributed by atoms with Gasteiger partial charge in [0, 0.05) is 30.9 Å². The van der Waals surface area contributed by atoms with Crippen molar-refractivity contribution in [3.8, 4) is 0 Å². The van der Waals surface area contributed by atoms with Gasteiger partial charge in [0.1, 0.15) is 5.01 Å². The van der Waals surface area contributed by atoms with Crippen LogP contribution in [0.1, 0.15) is 22.3 Å². The third-order valence-electron chi connectivity index (χ3n) is 5.47. The molecular formula is C21H21N7O8S2. The first-order valence-electron chi connectivity index (χ1n) is 11.1. The van der Waals surface area contributed by atoms with Gasteiger partial charge in [0.25, 0.3) is 27.3 Å².